The monoisotopic (exact) mass is 672 g/mol. The Balaban J connectivity index is 1.99. The molecule has 0 radical (unpaired) electrons. The lowest BCUT2D eigenvalue weighted by molar-refractivity contribution is -0.143. The van der Waals surface area contributed by atoms with Crippen LogP contribution in [0.15, 0.2) is 23.8 Å². The third-order valence-corrected chi connectivity index (χ3v) is 8.27. The van der Waals surface area contributed by atoms with Crippen molar-refractivity contribution in [3.05, 3.63) is 32.9 Å². The molecule has 3 unspecified atom stereocenters. The Bertz CT molecular complexity index is 1070. The zero-order chi connectivity index (χ0) is 29.2. The van der Waals surface area contributed by atoms with E-state index in [-0.39, 0.29) is 50.3 Å². The van der Waals surface area contributed by atoms with Crippen molar-refractivity contribution in [1.29, 1.82) is 0 Å². The normalized spacial score (nSPS) is 21.4. The second kappa shape index (κ2) is 15.7. The van der Waals surface area contributed by atoms with E-state index in [0.717, 1.165) is 32.1 Å². The zero-order valence-electron chi connectivity index (χ0n) is 23.2. The van der Waals surface area contributed by atoms with Crippen molar-refractivity contribution >= 4 is 40.2 Å². The van der Waals surface area contributed by atoms with E-state index >= 15 is 0 Å². The molecule has 2 aliphatic carbocycles. The lowest BCUT2D eigenvalue weighted by Gasteiger charge is -2.45. The summed E-state index contributed by atoms with van der Waals surface area (Å²) in [7, 11) is 1.48. The summed E-state index contributed by atoms with van der Waals surface area (Å²) in [5.41, 5.74) is 0.988. The van der Waals surface area contributed by atoms with Crippen molar-refractivity contribution in [1.82, 2.24) is 10.2 Å². The van der Waals surface area contributed by atoms with Crippen molar-refractivity contribution in [2.45, 2.75) is 95.6 Å². The van der Waals surface area contributed by atoms with Gasteiger partial charge in [-0.15, -0.1) is 0 Å². The Morgan fingerprint density at radius 2 is 1.85 bits per heavy atom. The summed E-state index contributed by atoms with van der Waals surface area (Å²) < 4.78 is 12.5. The van der Waals surface area contributed by atoms with Gasteiger partial charge in [0.25, 0.3) is 0 Å². The smallest absolute Gasteiger partial charge is 0.247 e. The molecule has 1 aromatic carbocycles. The molecule has 40 heavy (non-hydrogen) atoms. The molecular formula is C29H41IN2O8. The van der Waals surface area contributed by atoms with E-state index in [4.69, 9.17) is 9.47 Å². The molecule has 0 saturated heterocycles. The van der Waals surface area contributed by atoms with Gasteiger partial charge in [-0.1, -0.05) is 19.3 Å². The minimum atomic E-state index is -1.15. The van der Waals surface area contributed by atoms with Crippen LogP contribution in [0.4, 0.5) is 0 Å². The fourth-order valence-corrected chi connectivity index (χ4v) is 6.29. The van der Waals surface area contributed by atoms with Crippen LogP contribution in [-0.4, -0.2) is 82.4 Å². The quantitative estimate of drug-likeness (QED) is 0.234. The molecule has 0 heterocycles. The van der Waals surface area contributed by atoms with Gasteiger partial charge in [0, 0.05) is 37.4 Å². The third kappa shape index (κ3) is 8.40. The Morgan fingerprint density at radius 3 is 2.48 bits per heavy atom. The number of ketones is 1. The lowest BCUT2D eigenvalue weighted by Crippen LogP contribution is -2.58. The summed E-state index contributed by atoms with van der Waals surface area (Å²) >= 11 is 2.07. The van der Waals surface area contributed by atoms with Crippen LogP contribution < -0.4 is 14.8 Å². The molecule has 222 valence electrons. The summed E-state index contributed by atoms with van der Waals surface area (Å²) in [4.78, 5) is 40.0. The SMILES string of the molecule is COc1cc(CO)cc(I)c1OC1C=C(C(=O)NCCO)CC(N(C(=O)CCCC(C)=O)C2CCCCC2)C1O. The van der Waals surface area contributed by atoms with Crippen molar-refractivity contribution in [3.63, 3.8) is 0 Å². The number of Topliss-reactive ketones (excluding diaryl/α,β-unsaturated/α-hetero) is 1. The molecule has 2 amide bonds. The number of ether oxygens (including phenoxy) is 2. The maximum atomic E-state index is 13.7. The first-order valence-corrected chi connectivity index (χ1v) is 15.0. The van der Waals surface area contributed by atoms with Crippen LogP contribution in [0.3, 0.4) is 0 Å². The number of carbonyl (C=O) groups is 3. The highest BCUT2D eigenvalue weighted by Gasteiger charge is 2.43. The predicted molar refractivity (Wildman–Crippen MR) is 157 cm³/mol. The van der Waals surface area contributed by atoms with Crippen molar-refractivity contribution in [2.75, 3.05) is 20.3 Å². The standard InChI is InChI=1S/C29H41IN2O8/c1-18(35)7-6-10-26(36)32(21-8-4-3-5-9-21)23-15-20(29(38)31-11-12-33)16-24(27(23)37)40-28-22(30)13-19(17-34)14-25(28)39-2/h13-14,16,21,23-24,27,33-34,37H,3-12,15,17H2,1-2H3,(H,31,38). The Labute approximate surface area is 249 Å². The van der Waals surface area contributed by atoms with Crippen LogP contribution in [0, 0.1) is 3.57 Å². The minimum Gasteiger partial charge on any atom is -0.493 e. The molecule has 0 spiro atoms. The van der Waals surface area contributed by atoms with Crippen LogP contribution >= 0.6 is 22.6 Å². The number of hydrogen-bond acceptors (Lipinski definition) is 8. The molecule has 11 heteroatoms. The number of halogens is 1. The van der Waals surface area contributed by atoms with E-state index in [2.05, 4.69) is 27.9 Å². The van der Waals surface area contributed by atoms with Gasteiger partial charge in [-0.3, -0.25) is 9.59 Å². The number of rotatable bonds is 13. The summed E-state index contributed by atoms with van der Waals surface area (Å²) in [6.45, 7) is 1.17. The summed E-state index contributed by atoms with van der Waals surface area (Å²) in [5, 5.41) is 33.2. The molecule has 0 bridgehead atoms. The van der Waals surface area contributed by atoms with Gasteiger partial charge in [0.05, 0.1) is 29.9 Å². The average Bonchev–Trinajstić information content (AvgIpc) is 2.94. The van der Waals surface area contributed by atoms with Crippen molar-refractivity contribution in [3.8, 4) is 11.5 Å². The first-order chi connectivity index (χ1) is 19.2. The number of benzene rings is 1. The van der Waals surface area contributed by atoms with Gasteiger partial charge < -0.3 is 39.8 Å². The van der Waals surface area contributed by atoms with E-state index < -0.39 is 24.2 Å². The number of carbonyl (C=O) groups excluding carboxylic acids is 3. The van der Waals surface area contributed by atoms with Crippen LogP contribution in [0.1, 0.15) is 70.3 Å². The van der Waals surface area contributed by atoms with Crippen LogP contribution in [0.25, 0.3) is 0 Å². The predicted octanol–water partition coefficient (Wildman–Crippen LogP) is 2.63. The van der Waals surface area contributed by atoms with Gasteiger partial charge in [-0.05, 0) is 72.5 Å². The van der Waals surface area contributed by atoms with Crippen molar-refractivity contribution < 1.29 is 39.2 Å². The molecule has 3 rings (SSSR count). The fraction of sp³-hybridized carbons (Fsp3) is 0.621. The second-order valence-electron chi connectivity index (χ2n) is 10.4. The van der Waals surface area contributed by atoms with E-state index in [0.29, 0.717) is 39.0 Å². The van der Waals surface area contributed by atoms with E-state index in [1.807, 2.05) is 0 Å². The van der Waals surface area contributed by atoms with Gasteiger partial charge >= 0.3 is 0 Å². The van der Waals surface area contributed by atoms with Crippen LogP contribution in [0.2, 0.25) is 0 Å². The summed E-state index contributed by atoms with van der Waals surface area (Å²) in [5.74, 6) is 0.199. The third-order valence-electron chi connectivity index (χ3n) is 7.47. The first-order valence-electron chi connectivity index (χ1n) is 13.9. The minimum absolute atomic E-state index is 0.0183. The molecule has 4 N–H and O–H groups in total. The number of nitrogens with one attached hydrogen (secondary N) is 1. The van der Waals surface area contributed by atoms with Gasteiger partial charge in [0.15, 0.2) is 11.5 Å². The lowest BCUT2D eigenvalue weighted by atomic mass is 9.85. The molecule has 1 saturated carbocycles. The average molecular weight is 673 g/mol. The molecule has 1 aromatic rings. The second-order valence-corrected chi connectivity index (χ2v) is 11.6. The summed E-state index contributed by atoms with van der Waals surface area (Å²) in [6.07, 6.45) is 5.11. The number of nitrogens with zero attached hydrogens (tertiary/aromatic N) is 1. The van der Waals surface area contributed by atoms with Gasteiger partial charge in [-0.25, -0.2) is 0 Å². The van der Waals surface area contributed by atoms with Crippen LogP contribution in [-0.2, 0) is 21.0 Å². The highest BCUT2D eigenvalue weighted by molar-refractivity contribution is 14.1. The molecule has 0 aliphatic heterocycles. The molecule has 3 atom stereocenters. The molecule has 2 aliphatic rings. The maximum Gasteiger partial charge on any atom is 0.247 e. The zero-order valence-corrected chi connectivity index (χ0v) is 25.4. The number of hydrogen-bond donors (Lipinski definition) is 4. The van der Waals surface area contributed by atoms with E-state index in [9.17, 15) is 29.7 Å². The topological polar surface area (TPSA) is 146 Å². The van der Waals surface area contributed by atoms with E-state index in [1.165, 1.54) is 14.0 Å². The number of methoxy groups -OCH3 is 1. The van der Waals surface area contributed by atoms with Crippen LogP contribution in [0.5, 0.6) is 11.5 Å². The molecule has 1 fully saturated rings. The number of aliphatic hydroxyl groups excluding tert-OH is 3. The first kappa shape index (κ1) is 32.3. The van der Waals surface area contributed by atoms with Crippen molar-refractivity contribution in [2.24, 2.45) is 0 Å². The number of aliphatic hydroxyl groups is 3. The highest BCUT2D eigenvalue weighted by Crippen LogP contribution is 2.38. The molecule has 0 aromatic heterocycles. The highest BCUT2D eigenvalue weighted by atomic mass is 127. The largest absolute Gasteiger partial charge is 0.493 e. The Hall–Kier alpha value is -2.22. The molecular weight excluding hydrogens is 631 g/mol. The fourth-order valence-electron chi connectivity index (χ4n) is 5.50. The van der Waals surface area contributed by atoms with E-state index in [1.54, 1.807) is 23.1 Å². The Kier molecular flexibility index (Phi) is 12.7. The van der Waals surface area contributed by atoms with Gasteiger partial charge in [0.1, 0.15) is 18.0 Å². The van der Waals surface area contributed by atoms with Gasteiger partial charge in [-0.2, -0.15) is 0 Å². The number of amides is 2. The Morgan fingerprint density at radius 1 is 1.12 bits per heavy atom. The van der Waals surface area contributed by atoms with Gasteiger partial charge in [0.2, 0.25) is 11.8 Å². The maximum absolute atomic E-state index is 13.7. The molecule has 10 nitrogen and oxygen atoms in total. The summed E-state index contributed by atoms with van der Waals surface area (Å²) in [6, 6.07) is 2.59.